The van der Waals surface area contributed by atoms with E-state index in [9.17, 15) is 9.18 Å². The van der Waals surface area contributed by atoms with Crippen LogP contribution in [0.4, 0.5) is 9.52 Å². The van der Waals surface area contributed by atoms with E-state index in [0.29, 0.717) is 12.1 Å². The minimum absolute atomic E-state index is 0.162. The number of carbonyl (C=O) groups is 1. The van der Waals surface area contributed by atoms with Crippen LogP contribution >= 0.6 is 11.3 Å². The van der Waals surface area contributed by atoms with Gasteiger partial charge in [0, 0.05) is 25.0 Å². The fourth-order valence-corrected chi connectivity index (χ4v) is 3.10. The van der Waals surface area contributed by atoms with E-state index in [1.807, 2.05) is 42.6 Å². The second-order valence-corrected chi connectivity index (χ2v) is 6.62. The van der Waals surface area contributed by atoms with Crippen LogP contribution in [0.15, 0.2) is 53.9 Å². The Morgan fingerprint density at radius 1 is 1.16 bits per heavy atom. The molecule has 0 aliphatic carbocycles. The number of anilines is 1. The maximum atomic E-state index is 13.3. The maximum Gasteiger partial charge on any atom is 0.251 e. The van der Waals surface area contributed by atoms with Crippen LogP contribution in [-0.2, 0) is 6.54 Å². The summed E-state index contributed by atoms with van der Waals surface area (Å²) in [4.78, 5) is 18.6. The van der Waals surface area contributed by atoms with Gasteiger partial charge in [0.15, 0.2) is 5.13 Å². The van der Waals surface area contributed by atoms with Gasteiger partial charge in [0.25, 0.3) is 5.91 Å². The van der Waals surface area contributed by atoms with E-state index < -0.39 is 0 Å². The molecule has 128 valence electrons. The van der Waals surface area contributed by atoms with Gasteiger partial charge in [-0.1, -0.05) is 24.3 Å². The average molecular weight is 355 g/mol. The lowest BCUT2D eigenvalue weighted by Crippen LogP contribution is -2.23. The molecule has 2 aromatic carbocycles. The molecule has 0 fully saturated rings. The topological polar surface area (TPSA) is 45.2 Å². The number of hydrogen-bond donors (Lipinski definition) is 1. The molecule has 0 aliphatic heterocycles. The lowest BCUT2D eigenvalue weighted by Gasteiger charge is -2.07. The number of halogens is 1. The van der Waals surface area contributed by atoms with Crippen molar-refractivity contribution in [3.63, 3.8) is 0 Å². The summed E-state index contributed by atoms with van der Waals surface area (Å²) in [5.74, 6) is -0.440. The highest BCUT2D eigenvalue weighted by Gasteiger charge is 2.08. The van der Waals surface area contributed by atoms with Gasteiger partial charge in [0.2, 0.25) is 0 Å². The summed E-state index contributed by atoms with van der Waals surface area (Å²) in [6, 6.07) is 13.5. The number of amides is 1. The van der Waals surface area contributed by atoms with E-state index in [-0.39, 0.29) is 11.7 Å². The standard InChI is InChI=1S/C19H18FN3OS/c1-23(2)19-22-17(12-25-19)11-21-18(24)14-8-6-13(7-9-14)15-4-3-5-16(20)10-15/h3-10,12H,11H2,1-2H3,(H,21,24). The van der Waals surface area contributed by atoms with Crippen LogP contribution in [0.2, 0.25) is 0 Å². The summed E-state index contributed by atoms with van der Waals surface area (Å²) in [5, 5.41) is 5.70. The number of hydrogen-bond acceptors (Lipinski definition) is 4. The molecule has 0 unspecified atom stereocenters. The Morgan fingerprint density at radius 2 is 1.92 bits per heavy atom. The molecule has 0 saturated heterocycles. The fourth-order valence-electron chi connectivity index (χ4n) is 2.34. The number of nitrogens with one attached hydrogen (secondary N) is 1. The van der Waals surface area contributed by atoms with Crippen LogP contribution in [0, 0.1) is 5.82 Å². The van der Waals surface area contributed by atoms with Crippen LogP contribution in [0.3, 0.4) is 0 Å². The molecule has 0 radical (unpaired) electrons. The monoisotopic (exact) mass is 355 g/mol. The summed E-state index contributed by atoms with van der Waals surface area (Å²) >= 11 is 1.54. The van der Waals surface area contributed by atoms with Crippen molar-refractivity contribution in [2.45, 2.75) is 6.54 Å². The number of nitrogens with zero attached hydrogens (tertiary/aromatic N) is 2. The summed E-state index contributed by atoms with van der Waals surface area (Å²) < 4.78 is 13.3. The van der Waals surface area contributed by atoms with E-state index in [1.165, 1.54) is 23.5 Å². The third-order valence-electron chi connectivity index (χ3n) is 3.66. The van der Waals surface area contributed by atoms with E-state index >= 15 is 0 Å². The molecule has 1 N–H and O–H groups in total. The zero-order chi connectivity index (χ0) is 17.8. The molecule has 0 saturated carbocycles. The number of thiazole rings is 1. The van der Waals surface area contributed by atoms with Crippen LogP contribution < -0.4 is 10.2 Å². The number of aromatic nitrogens is 1. The van der Waals surface area contributed by atoms with Gasteiger partial charge in [-0.15, -0.1) is 11.3 Å². The van der Waals surface area contributed by atoms with Gasteiger partial charge in [-0.05, 0) is 35.4 Å². The zero-order valence-electron chi connectivity index (χ0n) is 14.0. The van der Waals surface area contributed by atoms with Crippen molar-refractivity contribution in [2.24, 2.45) is 0 Å². The molecule has 1 heterocycles. The average Bonchev–Trinajstić information content (AvgIpc) is 3.09. The van der Waals surface area contributed by atoms with Gasteiger partial charge in [-0.3, -0.25) is 4.79 Å². The Balaban J connectivity index is 1.64. The molecular formula is C19H18FN3OS. The summed E-state index contributed by atoms with van der Waals surface area (Å²) in [5.41, 5.74) is 3.04. The summed E-state index contributed by atoms with van der Waals surface area (Å²) in [7, 11) is 3.86. The maximum absolute atomic E-state index is 13.3. The van der Waals surface area contributed by atoms with Gasteiger partial charge < -0.3 is 10.2 Å². The number of carbonyl (C=O) groups excluding carboxylic acids is 1. The normalized spacial score (nSPS) is 10.5. The van der Waals surface area contributed by atoms with E-state index in [2.05, 4.69) is 10.3 Å². The zero-order valence-corrected chi connectivity index (χ0v) is 14.8. The third kappa shape index (κ3) is 4.22. The van der Waals surface area contributed by atoms with Crippen LogP contribution in [0.1, 0.15) is 16.1 Å². The Hall–Kier alpha value is -2.73. The quantitative estimate of drug-likeness (QED) is 0.754. The second-order valence-electron chi connectivity index (χ2n) is 5.79. The lowest BCUT2D eigenvalue weighted by atomic mass is 10.0. The Morgan fingerprint density at radius 3 is 2.56 bits per heavy atom. The van der Waals surface area contributed by atoms with Crippen molar-refractivity contribution in [3.8, 4) is 11.1 Å². The summed E-state index contributed by atoms with van der Waals surface area (Å²) in [6.07, 6.45) is 0. The van der Waals surface area contributed by atoms with Crippen molar-refractivity contribution in [1.29, 1.82) is 0 Å². The molecule has 4 nitrogen and oxygen atoms in total. The second kappa shape index (κ2) is 7.44. The first-order chi connectivity index (χ1) is 12.0. The molecule has 0 spiro atoms. The Labute approximate surface area is 150 Å². The molecule has 0 bridgehead atoms. The van der Waals surface area contributed by atoms with Gasteiger partial charge >= 0.3 is 0 Å². The molecule has 6 heteroatoms. The smallest absolute Gasteiger partial charge is 0.251 e. The highest BCUT2D eigenvalue weighted by molar-refractivity contribution is 7.13. The molecule has 3 aromatic rings. The molecule has 1 amide bonds. The molecule has 3 rings (SSSR count). The highest BCUT2D eigenvalue weighted by Crippen LogP contribution is 2.21. The van der Waals surface area contributed by atoms with Gasteiger partial charge in [-0.2, -0.15) is 0 Å². The Bertz CT molecular complexity index is 874. The van der Waals surface area contributed by atoms with E-state index in [4.69, 9.17) is 0 Å². The van der Waals surface area contributed by atoms with Crippen molar-refractivity contribution >= 4 is 22.4 Å². The predicted molar refractivity (Wildman–Crippen MR) is 99.4 cm³/mol. The molecule has 0 aliphatic rings. The minimum Gasteiger partial charge on any atom is -0.354 e. The summed E-state index contributed by atoms with van der Waals surface area (Å²) in [6.45, 7) is 0.384. The molecule has 0 atom stereocenters. The van der Waals surface area contributed by atoms with Crippen molar-refractivity contribution in [3.05, 3.63) is 71.0 Å². The highest BCUT2D eigenvalue weighted by atomic mass is 32.1. The van der Waals surface area contributed by atoms with Gasteiger partial charge in [-0.25, -0.2) is 9.37 Å². The number of benzene rings is 2. The van der Waals surface area contributed by atoms with Gasteiger partial charge in [0.1, 0.15) is 5.82 Å². The van der Waals surface area contributed by atoms with Crippen LogP contribution in [0.5, 0.6) is 0 Å². The van der Waals surface area contributed by atoms with Crippen molar-refractivity contribution in [2.75, 3.05) is 19.0 Å². The third-order valence-corrected chi connectivity index (χ3v) is 4.71. The largest absolute Gasteiger partial charge is 0.354 e. The SMILES string of the molecule is CN(C)c1nc(CNC(=O)c2ccc(-c3cccc(F)c3)cc2)cs1. The lowest BCUT2D eigenvalue weighted by molar-refractivity contribution is 0.0950. The van der Waals surface area contributed by atoms with Crippen molar-refractivity contribution < 1.29 is 9.18 Å². The van der Waals surface area contributed by atoms with E-state index in [1.54, 1.807) is 18.2 Å². The number of rotatable bonds is 5. The Kier molecular flexibility index (Phi) is 5.09. The van der Waals surface area contributed by atoms with Gasteiger partial charge in [0.05, 0.1) is 12.2 Å². The van der Waals surface area contributed by atoms with E-state index in [0.717, 1.165) is 22.0 Å². The first-order valence-corrected chi connectivity index (χ1v) is 8.67. The first-order valence-electron chi connectivity index (χ1n) is 7.79. The molecule has 1 aromatic heterocycles. The fraction of sp³-hybridized carbons (Fsp3) is 0.158. The van der Waals surface area contributed by atoms with Crippen molar-refractivity contribution in [1.82, 2.24) is 10.3 Å². The first kappa shape index (κ1) is 17.1. The molecule has 25 heavy (non-hydrogen) atoms. The molecular weight excluding hydrogens is 337 g/mol. The van der Waals surface area contributed by atoms with Crippen LogP contribution in [0.25, 0.3) is 11.1 Å². The van der Waals surface area contributed by atoms with Crippen LogP contribution in [-0.4, -0.2) is 25.0 Å². The minimum atomic E-state index is -0.278. The predicted octanol–water partition coefficient (Wildman–Crippen LogP) is 3.95.